The molecule has 3 aromatic rings. The number of rotatable bonds is 11. The maximum atomic E-state index is 12.9. The summed E-state index contributed by atoms with van der Waals surface area (Å²) < 4.78 is 0. The van der Waals surface area contributed by atoms with Gasteiger partial charge in [0.15, 0.2) is 0 Å². The Kier molecular flexibility index (Phi) is 7.99. The first kappa shape index (κ1) is 24.5. The topological polar surface area (TPSA) is 180 Å². The van der Waals surface area contributed by atoms with Gasteiger partial charge in [-0.25, -0.2) is 4.79 Å². The summed E-state index contributed by atoms with van der Waals surface area (Å²) >= 11 is 0. The molecule has 3 amide bonds. The number of hydrogen-bond acceptors (Lipinski definition) is 5. The SMILES string of the molecule is NC(=O)C[C@H](NC(=O)[C@H](Cc1ccccc1)NC(=O)[C@@H](N)Cc1c[nH]c2ccccc12)C(=O)O. The van der Waals surface area contributed by atoms with E-state index in [1.165, 1.54) is 0 Å². The predicted octanol–water partition coefficient (Wildman–Crippen LogP) is 0.210. The van der Waals surface area contributed by atoms with E-state index in [4.69, 9.17) is 11.5 Å². The Bertz CT molecular complexity index is 1180. The minimum Gasteiger partial charge on any atom is -0.480 e. The van der Waals surface area contributed by atoms with Crippen molar-refractivity contribution in [2.24, 2.45) is 11.5 Å². The Morgan fingerprint density at radius 1 is 0.882 bits per heavy atom. The summed E-state index contributed by atoms with van der Waals surface area (Å²) in [5.41, 5.74) is 13.8. The Morgan fingerprint density at radius 2 is 1.53 bits per heavy atom. The van der Waals surface area contributed by atoms with E-state index in [1.54, 1.807) is 30.5 Å². The number of benzene rings is 2. The number of amides is 3. The van der Waals surface area contributed by atoms with Crippen LogP contribution in [0, 0.1) is 0 Å². The van der Waals surface area contributed by atoms with E-state index >= 15 is 0 Å². The first-order valence-electron chi connectivity index (χ1n) is 10.7. The molecule has 178 valence electrons. The fourth-order valence-electron chi connectivity index (χ4n) is 3.64. The highest BCUT2D eigenvalue weighted by Gasteiger charge is 2.29. The highest BCUT2D eigenvalue weighted by atomic mass is 16.4. The van der Waals surface area contributed by atoms with Crippen molar-refractivity contribution in [1.82, 2.24) is 15.6 Å². The van der Waals surface area contributed by atoms with Gasteiger partial charge in [0.25, 0.3) is 0 Å². The van der Waals surface area contributed by atoms with Crippen LogP contribution in [0.2, 0.25) is 0 Å². The fourth-order valence-corrected chi connectivity index (χ4v) is 3.64. The molecule has 1 heterocycles. The van der Waals surface area contributed by atoms with Gasteiger partial charge in [0, 0.05) is 23.5 Å². The lowest BCUT2D eigenvalue weighted by atomic mass is 10.0. The smallest absolute Gasteiger partial charge is 0.326 e. The van der Waals surface area contributed by atoms with E-state index in [9.17, 15) is 24.3 Å². The molecule has 10 nitrogen and oxygen atoms in total. The fraction of sp³-hybridized carbons (Fsp3) is 0.250. The third-order valence-corrected chi connectivity index (χ3v) is 5.39. The second kappa shape index (κ2) is 11.1. The van der Waals surface area contributed by atoms with Crippen LogP contribution in [-0.2, 0) is 32.0 Å². The van der Waals surface area contributed by atoms with Gasteiger partial charge in [0.05, 0.1) is 12.5 Å². The minimum atomic E-state index is -1.51. The number of nitrogens with one attached hydrogen (secondary N) is 3. The van der Waals surface area contributed by atoms with Crippen LogP contribution in [0.25, 0.3) is 10.9 Å². The summed E-state index contributed by atoms with van der Waals surface area (Å²) in [5.74, 6) is -3.61. The molecule has 0 aliphatic heterocycles. The van der Waals surface area contributed by atoms with Crippen molar-refractivity contribution in [3.63, 3.8) is 0 Å². The van der Waals surface area contributed by atoms with Crippen molar-refractivity contribution in [2.75, 3.05) is 0 Å². The molecule has 1 aromatic heterocycles. The third kappa shape index (κ3) is 6.42. The Hall–Kier alpha value is -4.18. The van der Waals surface area contributed by atoms with E-state index in [0.717, 1.165) is 22.0 Å². The molecule has 0 spiro atoms. The quantitative estimate of drug-likeness (QED) is 0.235. The number of carboxylic acids is 1. The van der Waals surface area contributed by atoms with Crippen LogP contribution in [0.3, 0.4) is 0 Å². The van der Waals surface area contributed by atoms with Gasteiger partial charge in [-0.05, 0) is 23.6 Å². The van der Waals surface area contributed by atoms with E-state index < -0.39 is 48.2 Å². The molecule has 8 N–H and O–H groups in total. The van der Waals surface area contributed by atoms with Crippen molar-refractivity contribution < 1.29 is 24.3 Å². The van der Waals surface area contributed by atoms with Gasteiger partial charge in [-0.2, -0.15) is 0 Å². The van der Waals surface area contributed by atoms with E-state index in [0.29, 0.717) is 0 Å². The lowest BCUT2D eigenvalue weighted by molar-refractivity contribution is -0.143. The van der Waals surface area contributed by atoms with Crippen molar-refractivity contribution in [1.29, 1.82) is 0 Å². The van der Waals surface area contributed by atoms with Crippen molar-refractivity contribution in [3.8, 4) is 0 Å². The molecule has 0 aliphatic carbocycles. The Balaban J connectivity index is 1.74. The number of carboxylic acid groups (broad SMARTS) is 1. The number of carbonyl (C=O) groups is 4. The highest BCUT2D eigenvalue weighted by molar-refractivity contribution is 5.93. The van der Waals surface area contributed by atoms with Crippen LogP contribution in [0.1, 0.15) is 17.5 Å². The number of hydrogen-bond donors (Lipinski definition) is 6. The van der Waals surface area contributed by atoms with Gasteiger partial charge < -0.3 is 32.2 Å². The molecule has 0 aliphatic rings. The summed E-state index contributed by atoms with van der Waals surface area (Å²) in [5, 5.41) is 15.2. The summed E-state index contributed by atoms with van der Waals surface area (Å²) in [4.78, 5) is 51.5. The number of aromatic amines is 1. The molecule has 0 saturated carbocycles. The van der Waals surface area contributed by atoms with Crippen molar-refractivity contribution in [3.05, 3.63) is 71.9 Å². The summed E-state index contributed by atoms with van der Waals surface area (Å²) in [6.45, 7) is 0. The van der Waals surface area contributed by atoms with Crippen LogP contribution in [0.5, 0.6) is 0 Å². The number of para-hydroxylation sites is 1. The number of primary amides is 1. The van der Waals surface area contributed by atoms with E-state index in [2.05, 4.69) is 15.6 Å². The second-order valence-electron chi connectivity index (χ2n) is 7.99. The van der Waals surface area contributed by atoms with Crippen LogP contribution in [-0.4, -0.2) is 51.9 Å². The Labute approximate surface area is 195 Å². The molecule has 3 atom stereocenters. The molecular formula is C24H27N5O5. The Morgan fingerprint density at radius 3 is 2.21 bits per heavy atom. The summed E-state index contributed by atoms with van der Waals surface area (Å²) in [7, 11) is 0. The number of H-pyrrole nitrogens is 1. The lowest BCUT2D eigenvalue weighted by Gasteiger charge is -2.23. The number of carbonyl (C=O) groups excluding carboxylic acids is 3. The average Bonchev–Trinajstić information content (AvgIpc) is 3.21. The van der Waals surface area contributed by atoms with E-state index in [-0.39, 0.29) is 12.8 Å². The largest absolute Gasteiger partial charge is 0.480 e. The molecule has 2 aromatic carbocycles. The molecule has 0 saturated heterocycles. The van der Waals surface area contributed by atoms with Gasteiger partial charge in [0.2, 0.25) is 17.7 Å². The number of nitrogens with two attached hydrogens (primary N) is 2. The molecule has 0 unspecified atom stereocenters. The normalized spacial score (nSPS) is 13.6. The summed E-state index contributed by atoms with van der Waals surface area (Å²) in [6, 6.07) is 12.9. The van der Waals surface area contributed by atoms with Crippen LogP contribution < -0.4 is 22.1 Å². The van der Waals surface area contributed by atoms with Crippen LogP contribution in [0.4, 0.5) is 0 Å². The molecular weight excluding hydrogens is 438 g/mol. The standard InChI is InChI=1S/C24H27N5O5/c25-17(11-15-13-27-18-9-5-4-8-16(15)18)22(31)28-19(10-14-6-2-1-3-7-14)23(32)29-20(24(33)34)12-21(26)30/h1-9,13,17,19-20,27H,10-12,25H2,(H2,26,30)(H,28,31)(H,29,32)(H,33,34)/t17-,19-,20-/m0/s1. The van der Waals surface area contributed by atoms with Gasteiger partial charge >= 0.3 is 5.97 Å². The summed E-state index contributed by atoms with van der Waals surface area (Å²) in [6.07, 6.45) is 1.54. The van der Waals surface area contributed by atoms with E-state index in [1.807, 2.05) is 30.3 Å². The van der Waals surface area contributed by atoms with Crippen molar-refractivity contribution in [2.45, 2.75) is 37.4 Å². The second-order valence-corrected chi connectivity index (χ2v) is 7.99. The first-order chi connectivity index (χ1) is 16.2. The number of aliphatic carboxylic acids is 1. The maximum Gasteiger partial charge on any atom is 0.326 e. The molecule has 0 fully saturated rings. The van der Waals surface area contributed by atoms with Gasteiger partial charge in [-0.3, -0.25) is 14.4 Å². The molecule has 10 heteroatoms. The third-order valence-electron chi connectivity index (χ3n) is 5.39. The molecule has 3 rings (SSSR count). The van der Waals surface area contributed by atoms with Gasteiger partial charge in [0.1, 0.15) is 12.1 Å². The zero-order valence-corrected chi connectivity index (χ0v) is 18.4. The van der Waals surface area contributed by atoms with Crippen molar-refractivity contribution >= 4 is 34.6 Å². The number of fused-ring (bicyclic) bond motifs is 1. The van der Waals surface area contributed by atoms with Gasteiger partial charge in [-0.15, -0.1) is 0 Å². The number of aromatic nitrogens is 1. The highest BCUT2D eigenvalue weighted by Crippen LogP contribution is 2.18. The molecule has 0 bridgehead atoms. The van der Waals surface area contributed by atoms with Crippen LogP contribution in [0.15, 0.2) is 60.8 Å². The average molecular weight is 466 g/mol. The lowest BCUT2D eigenvalue weighted by Crippen LogP contribution is -2.56. The zero-order valence-electron chi connectivity index (χ0n) is 18.4. The molecule has 0 radical (unpaired) electrons. The van der Waals surface area contributed by atoms with Gasteiger partial charge in [-0.1, -0.05) is 48.5 Å². The predicted molar refractivity (Wildman–Crippen MR) is 125 cm³/mol. The van der Waals surface area contributed by atoms with Crippen LogP contribution >= 0.6 is 0 Å². The first-order valence-corrected chi connectivity index (χ1v) is 10.7. The maximum absolute atomic E-state index is 12.9. The molecule has 34 heavy (non-hydrogen) atoms. The monoisotopic (exact) mass is 465 g/mol. The zero-order chi connectivity index (χ0) is 24.7. The minimum absolute atomic E-state index is 0.0983.